The van der Waals surface area contributed by atoms with Gasteiger partial charge in [-0.3, -0.25) is 0 Å². The van der Waals surface area contributed by atoms with Crippen LogP contribution in [0.3, 0.4) is 0 Å². The van der Waals surface area contributed by atoms with Crippen LogP contribution in [0.2, 0.25) is 0 Å². The maximum absolute atomic E-state index is 3.88. The molecule has 0 saturated heterocycles. The molecule has 58 valence electrons. The van der Waals surface area contributed by atoms with Gasteiger partial charge in [0.2, 0.25) is 0 Å². The van der Waals surface area contributed by atoms with Crippen LogP contribution in [0.1, 0.15) is 39.5 Å². The second-order valence-electron chi connectivity index (χ2n) is 2.56. The molecular formula is C10H18. The molecule has 0 unspecified atom stereocenters. The maximum Gasteiger partial charge on any atom is -0.0313 e. The van der Waals surface area contributed by atoms with Crippen LogP contribution in [0.5, 0.6) is 0 Å². The van der Waals surface area contributed by atoms with Gasteiger partial charge in [0.25, 0.3) is 0 Å². The molecule has 0 N–H and O–H groups in total. The molecule has 0 amide bonds. The third-order valence-electron chi connectivity index (χ3n) is 1.53. The Morgan fingerprint density at radius 1 is 1.40 bits per heavy atom. The molecule has 0 saturated carbocycles. The van der Waals surface area contributed by atoms with E-state index in [1.165, 1.54) is 24.8 Å². The van der Waals surface area contributed by atoms with Crippen LogP contribution in [0.15, 0.2) is 24.3 Å². The van der Waals surface area contributed by atoms with Gasteiger partial charge in [0, 0.05) is 0 Å². The lowest BCUT2D eigenvalue weighted by Gasteiger charge is -1.91. The third kappa shape index (κ3) is 5.61. The lowest BCUT2D eigenvalue weighted by molar-refractivity contribution is 0.814. The van der Waals surface area contributed by atoms with Gasteiger partial charge in [0.15, 0.2) is 0 Å². The Hall–Kier alpha value is -0.520. The van der Waals surface area contributed by atoms with Gasteiger partial charge >= 0.3 is 0 Å². The average molecular weight is 138 g/mol. The first-order valence-electron chi connectivity index (χ1n) is 4.15. The minimum absolute atomic E-state index is 1.07. The summed E-state index contributed by atoms with van der Waals surface area (Å²) in [5, 5.41) is 0. The predicted molar refractivity (Wildman–Crippen MR) is 48.1 cm³/mol. The summed E-state index contributed by atoms with van der Waals surface area (Å²) < 4.78 is 0. The highest BCUT2D eigenvalue weighted by atomic mass is 13.9. The summed E-state index contributed by atoms with van der Waals surface area (Å²) in [7, 11) is 0. The molecule has 0 aliphatic rings. The van der Waals surface area contributed by atoms with Crippen molar-refractivity contribution in [2.75, 3.05) is 0 Å². The molecule has 0 aromatic carbocycles. The smallest absolute Gasteiger partial charge is 0.0313 e. The summed E-state index contributed by atoms with van der Waals surface area (Å²) in [5.74, 6) is 0. The van der Waals surface area contributed by atoms with Crippen molar-refractivity contribution in [3.05, 3.63) is 24.3 Å². The second-order valence-corrected chi connectivity index (χ2v) is 2.56. The summed E-state index contributed by atoms with van der Waals surface area (Å²) in [6, 6.07) is 0. The third-order valence-corrected chi connectivity index (χ3v) is 1.53. The Balaban J connectivity index is 3.27. The van der Waals surface area contributed by atoms with Gasteiger partial charge in [-0.2, -0.15) is 0 Å². The van der Waals surface area contributed by atoms with Gasteiger partial charge in [-0.15, -0.1) is 0 Å². The summed E-state index contributed by atoms with van der Waals surface area (Å²) in [5.41, 5.74) is 1.23. The van der Waals surface area contributed by atoms with Crippen molar-refractivity contribution in [1.82, 2.24) is 0 Å². The topological polar surface area (TPSA) is 0 Å². The Bertz CT molecular complexity index is 109. The van der Waals surface area contributed by atoms with E-state index in [0.717, 1.165) is 6.42 Å². The van der Waals surface area contributed by atoms with Crippen LogP contribution in [0.25, 0.3) is 0 Å². The molecule has 0 heterocycles. The van der Waals surface area contributed by atoms with E-state index < -0.39 is 0 Å². The highest BCUT2D eigenvalue weighted by molar-refractivity contribution is 5.13. The molecule has 0 aliphatic carbocycles. The van der Waals surface area contributed by atoms with Crippen molar-refractivity contribution >= 4 is 0 Å². The quantitative estimate of drug-likeness (QED) is 0.401. The van der Waals surface area contributed by atoms with Crippen LogP contribution < -0.4 is 0 Å². The molecule has 0 spiro atoms. The van der Waals surface area contributed by atoms with E-state index >= 15 is 0 Å². The molecule has 0 bridgehead atoms. The molecule has 0 atom stereocenters. The lowest BCUT2D eigenvalue weighted by Crippen LogP contribution is -1.70. The fraction of sp³-hybridized carbons (Fsp3) is 0.600. The zero-order valence-corrected chi connectivity index (χ0v) is 7.19. The monoisotopic (exact) mass is 138 g/mol. The van der Waals surface area contributed by atoms with Crippen LogP contribution >= 0.6 is 0 Å². The van der Waals surface area contributed by atoms with Gasteiger partial charge in [-0.1, -0.05) is 51.0 Å². The minimum atomic E-state index is 1.07. The van der Waals surface area contributed by atoms with E-state index in [0.29, 0.717) is 0 Å². The first kappa shape index (κ1) is 9.48. The average Bonchev–Trinajstić information content (AvgIpc) is 1.98. The Morgan fingerprint density at radius 3 is 2.60 bits per heavy atom. The molecular weight excluding hydrogens is 120 g/mol. The van der Waals surface area contributed by atoms with Gasteiger partial charge in [0.05, 0.1) is 0 Å². The van der Waals surface area contributed by atoms with Crippen molar-refractivity contribution in [2.24, 2.45) is 0 Å². The molecule has 0 aromatic rings. The van der Waals surface area contributed by atoms with Gasteiger partial charge < -0.3 is 0 Å². The van der Waals surface area contributed by atoms with Gasteiger partial charge in [-0.05, 0) is 12.8 Å². The van der Waals surface area contributed by atoms with E-state index in [-0.39, 0.29) is 0 Å². The van der Waals surface area contributed by atoms with E-state index in [9.17, 15) is 0 Å². The standard InChI is InChI=1S/C10H18/c1-4-6-7-8-9-10(3)5-2/h8-9H,3-7H2,1-2H3. The van der Waals surface area contributed by atoms with E-state index in [1.54, 1.807) is 0 Å². The molecule has 0 aromatic heterocycles. The van der Waals surface area contributed by atoms with Crippen LogP contribution in [0, 0.1) is 0 Å². The van der Waals surface area contributed by atoms with Crippen LogP contribution in [-0.4, -0.2) is 0 Å². The zero-order chi connectivity index (χ0) is 7.82. The molecule has 0 fully saturated rings. The highest BCUT2D eigenvalue weighted by Crippen LogP contribution is 2.01. The van der Waals surface area contributed by atoms with Crippen molar-refractivity contribution in [2.45, 2.75) is 39.5 Å². The first-order valence-corrected chi connectivity index (χ1v) is 4.15. The summed E-state index contributed by atoms with van der Waals surface area (Å²) in [4.78, 5) is 0. The van der Waals surface area contributed by atoms with Crippen molar-refractivity contribution in [3.8, 4) is 0 Å². The molecule has 0 rings (SSSR count). The van der Waals surface area contributed by atoms with Crippen LogP contribution in [0.4, 0.5) is 0 Å². The van der Waals surface area contributed by atoms with E-state index in [4.69, 9.17) is 0 Å². The molecule has 0 nitrogen and oxygen atoms in total. The normalized spacial score (nSPS) is 10.6. The summed E-state index contributed by atoms with van der Waals surface area (Å²) in [6.07, 6.45) is 9.21. The second kappa shape index (κ2) is 6.60. The number of hydrogen-bond donors (Lipinski definition) is 0. The maximum atomic E-state index is 3.88. The summed E-state index contributed by atoms with van der Waals surface area (Å²) >= 11 is 0. The Kier molecular flexibility index (Phi) is 6.25. The van der Waals surface area contributed by atoms with Gasteiger partial charge in [-0.25, -0.2) is 0 Å². The number of unbranched alkanes of at least 4 members (excludes halogenated alkanes) is 2. The SMILES string of the molecule is C=C(C=CCCCC)CC. The number of hydrogen-bond acceptors (Lipinski definition) is 0. The molecule has 0 heteroatoms. The van der Waals surface area contributed by atoms with Crippen LogP contribution in [-0.2, 0) is 0 Å². The lowest BCUT2D eigenvalue weighted by atomic mass is 10.2. The molecule has 0 aliphatic heterocycles. The number of allylic oxidation sites excluding steroid dienone is 3. The fourth-order valence-corrected chi connectivity index (χ4v) is 0.690. The van der Waals surface area contributed by atoms with Crippen molar-refractivity contribution < 1.29 is 0 Å². The largest absolute Gasteiger partial charge is 0.0959 e. The van der Waals surface area contributed by atoms with E-state index in [2.05, 4.69) is 32.6 Å². The van der Waals surface area contributed by atoms with Crippen molar-refractivity contribution in [3.63, 3.8) is 0 Å². The van der Waals surface area contributed by atoms with Crippen molar-refractivity contribution in [1.29, 1.82) is 0 Å². The zero-order valence-electron chi connectivity index (χ0n) is 7.19. The minimum Gasteiger partial charge on any atom is -0.0959 e. The number of rotatable bonds is 5. The van der Waals surface area contributed by atoms with E-state index in [1.807, 2.05) is 0 Å². The first-order chi connectivity index (χ1) is 4.81. The molecule has 10 heavy (non-hydrogen) atoms. The molecule has 0 radical (unpaired) electrons. The summed E-state index contributed by atoms with van der Waals surface area (Å²) in [6.45, 7) is 8.23. The Morgan fingerprint density at radius 2 is 2.10 bits per heavy atom. The highest BCUT2D eigenvalue weighted by Gasteiger charge is 1.80. The Labute approximate surface area is 64.6 Å². The van der Waals surface area contributed by atoms with Gasteiger partial charge in [0.1, 0.15) is 0 Å². The fourth-order valence-electron chi connectivity index (χ4n) is 0.690. The predicted octanol–water partition coefficient (Wildman–Crippen LogP) is 3.70.